The zero-order chi connectivity index (χ0) is 23.8. The van der Waals surface area contributed by atoms with Crippen LogP contribution < -0.4 is 0 Å². The van der Waals surface area contributed by atoms with Crippen LogP contribution in [0, 0.1) is 11.6 Å². The quantitative estimate of drug-likeness (QED) is 0.237. The molecule has 1 aliphatic carbocycles. The molecule has 0 saturated heterocycles. The summed E-state index contributed by atoms with van der Waals surface area (Å²) in [7, 11) is 0. The van der Waals surface area contributed by atoms with Gasteiger partial charge in [-0.25, -0.2) is 8.78 Å². The standard InChI is InChI=1S/C29H16Br2F2O/c30-21-9-1-19(2-10-21)27-25(17-5-13-23(32)14-6-17)26(18-7-15-24(33)16-8-18)28(29(27)34)20-3-11-22(31)12-4-20/h1-16H. The Bertz CT molecular complexity index is 1340. The van der Waals surface area contributed by atoms with Gasteiger partial charge in [-0.1, -0.05) is 80.4 Å². The molecule has 0 radical (unpaired) electrons. The molecule has 0 N–H and O–H groups in total. The van der Waals surface area contributed by atoms with Crippen molar-refractivity contribution in [3.63, 3.8) is 0 Å². The minimum Gasteiger partial charge on any atom is -0.289 e. The molecule has 0 heterocycles. The first-order valence-electron chi connectivity index (χ1n) is 10.5. The van der Waals surface area contributed by atoms with Crippen LogP contribution in [0.25, 0.3) is 22.3 Å². The predicted octanol–water partition coefficient (Wildman–Crippen LogP) is 8.59. The van der Waals surface area contributed by atoms with Crippen LogP contribution in [0.15, 0.2) is 106 Å². The normalized spacial score (nSPS) is 13.7. The van der Waals surface area contributed by atoms with E-state index < -0.39 is 0 Å². The van der Waals surface area contributed by atoms with Gasteiger partial charge in [-0.15, -0.1) is 0 Å². The highest BCUT2D eigenvalue weighted by Crippen LogP contribution is 2.49. The van der Waals surface area contributed by atoms with Gasteiger partial charge in [0.1, 0.15) is 11.6 Å². The van der Waals surface area contributed by atoms with E-state index in [0.29, 0.717) is 33.4 Å². The van der Waals surface area contributed by atoms with Crippen molar-refractivity contribution < 1.29 is 13.6 Å². The van der Waals surface area contributed by atoms with Crippen LogP contribution in [0.2, 0.25) is 0 Å². The van der Waals surface area contributed by atoms with Gasteiger partial charge in [0.15, 0.2) is 5.78 Å². The van der Waals surface area contributed by atoms with Crippen LogP contribution in [0.1, 0.15) is 22.3 Å². The fraction of sp³-hybridized carbons (Fsp3) is 0. The Morgan fingerprint density at radius 2 is 0.676 bits per heavy atom. The zero-order valence-electron chi connectivity index (χ0n) is 17.7. The van der Waals surface area contributed by atoms with E-state index in [0.717, 1.165) is 20.1 Å². The van der Waals surface area contributed by atoms with Gasteiger partial charge in [0.2, 0.25) is 0 Å². The maximum absolute atomic E-state index is 14.1. The summed E-state index contributed by atoms with van der Waals surface area (Å²) in [4.78, 5) is 14.1. The molecule has 0 aliphatic heterocycles. The molecule has 166 valence electrons. The molecule has 0 unspecified atom stereocenters. The predicted molar refractivity (Wildman–Crippen MR) is 140 cm³/mol. The molecule has 0 fully saturated rings. The summed E-state index contributed by atoms with van der Waals surface area (Å²) in [5.41, 5.74) is 5.35. The molecule has 1 nitrogen and oxygen atoms in total. The first-order chi connectivity index (χ1) is 16.4. The maximum atomic E-state index is 14.1. The van der Waals surface area contributed by atoms with Crippen molar-refractivity contribution in [3.8, 4) is 0 Å². The molecule has 0 amide bonds. The minimum absolute atomic E-state index is 0.136. The van der Waals surface area contributed by atoms with E-state index in [9.17, 15) is 13.6 Å². The molecule has 0 saturated carbocycles. The summed E-state index contributed by atoms with van der Waals surface area (Å²) in [6, 6.07) is 27.3. The summed E-state index contributed by atoms with van der Waals surface area (Å²) in [6.07, 6.45) is 0. The van der Waals surface area contributed by atoms with Gasteiger partial charge in [-0.2, -0.15) is 0 Å². The summed E-state index contributed by atoms with van der Waals surface area (Å²) < 4.78 is 29.4. The van der Waals surface area contributed by atoms with Crippen LogP contribution in [-0.2, 0) is 4.79 Å². The lowest BCUT2D eigenvalue weighted by Gasteiger charge is -2.14. The molecular formula is C29H16Br2F2O. The fourth-order valence-corrected chi connectivity index (χ4v) is 4.73. The van der Waals surface area contributed by atoms with Gasteiger partial charge in [0, 0.05) is 31.2 Å². The molecule has 5 rings (SSSR count). The van der Waals surface area contributed by atoms with Crippen molar-refractivity contribution in [1.82, 2.24) is 0 Å². The van der Waals surface area contributed by atoms with Crippen LogP contribution in [-0.4, -0.2) is 5.78 Å². The Kier molecular flexibility index (Phi) is 6.15. The minimum atomic E-state index is -0.362. The number of allylic oxidation sites excluding steroid dienone is 4. The Morgan fingerprint density at radius 1 is 0.412 bits per heavy atom. The van der Waals surface area contributed by atoms with E-state index in [-0.39, 0.29) is 17.4 Å². The highest BCUT2D eigenvalue weighted by molar-refractivity contribution is 9.10. The SMILES string of the molecule is O=C1C(c2ccc(Br)cc2)=C(c2ccc(F)cc2)C(c2ccc(F)cc2)=C1c1ccc(Br)cc1. The molecule has 0 bridgehead atoms. The smallest absolute Gasteiger partial charge is 0.195 e. The third-order valence-corrected chi connectivity index (χ3v) is 6.79. The maximum Gasteiger partial charge on any atom is 0.195 e. The lowest BCUT2D eigenvalue weighted by atomic mass is 9.89. The first-order valence-corrected chi connectivity index (χ1v) is 12.1. The molecule has 0 atom stereocenters. The van der Waals surface area contributed by atoms with Crippen LogP contribution in [0.5, 0.6) is 0 Å². The Hall–Kier alpha value is -3.15. The molecule has 4 aromatic rings. The fourth-order valence-electron chi connectivity index (χ4n) is 4.20. The number of halogens is 4. The van der Waals surface area contributed by atoms with Gasteiger partial charge in [0.05, 0.1) is 0 Å². The number of hydrogen-bond acceptors (Lipinski definition) is 1. The number of hydrogen-bond donors (Lipinski definition) is 0. The Morgan fingerprint density at radius 3 is 1.00 bits per heavy atom. The topological polar surface area (TPSA) is 17.1 Å². The summed E-state index contributed by atoms with van der Waals surface area (Å²) in [5, 5.41) is 0. The first kappa shape index (κ1) is 22.6. The largest absolute Gasteiger partial charge is 0.289 e. The number of Topliss-reactive ketones (excluding diaryl/α,β-unsaturated/α-hetero) is 1. The summed E-state index contributed by atoms with van der Waals surface area (Å²) >= 11 is 6.91. The third-order valence-electron chi connectivity index (χ3n) is 5.74. The van der Waals surface area contributed by atoms with Gasteiger partial charge in [0.25, 0.3) is 0 Å². The van der Waals surface area contributed by atoms with E-state index in [4.69, 9.17) is 0 Å². The average Bonchev–Trinajstić information content (AvgIpc) is 3.14. The highest BCUT2D eigenvalue weighted by atomic mass is 79.9. The van der Waals surface area contributed by atoms with E-state index in [1.54, 1.807) is 24.3 Å². The lowest BCUT2D eigenvalue weighted by Crippen LogP contribution is -2.02. The van der Waals surface area contributed by atoms with Crippen LogP contribution in [0.3, 0.4) is 0 Å². The van der Waals surface area contributed by atoms with Crippen LogP contribution in [0.4, 0.5) is 8.78 Å². The highest BCUT2D eigenvalue weighted by Gasteiger charge is 2.35. The molecule has 0 aromatic heterocycles. The molecule has 0 spiro atoms. The van der Waals surface area contributed by atoms with Gasteiger partial charge < -0.3 is 0 Å². The molecule has 34 heavy (non-hydrogen) atoms. The molecular weight excluding hydrogens is 562 g/mol. The van der Waals surface area contributed by atoms with Crippen molar-refractivity contribution in [1.29, 1.82) is 0 Å². The van der Waals surface area contributed by atoms with E-state index >= 15 is 0 Å². The Balaban J connectivity index is 1.86. The van der Waals surface area contributed by atoms with Crippen molar-refractivity contribution in [2.45, 2.75) is 0 Å². The van der Waals surface area contributed by atoms with E-state index in [1.165, 1.54) is 24.3 Å². The second kappa shape index (κ2) is 9.24. The average molecular weight is 578 g/mol. The van der Waals surface area contributed by atoms with Gasteiger partial charge in [-0.3, -0.25) is 4.79 Å². The van der Waals surface area contributed by atoms with E-state index in [1.807, 2.05) is 48.5 Å². The van der Waals surface area contributed by atoms with Crippen molar-refractivity contribution in [2.24, 2.45) is 0 Å². The monoisotopic (exact) mass is 576 g/mol. The van der Waals surface area contributed by atoms with Crippen molar-refractivity contribution in [2.75, 3.05) is 0 Å². The summed E-state index contributed by atoms with van der Waals surface area (Å²) in [5.74, 6) is -0.859. The van der Waals surface area contributed by atoms with E-state index in [2.05, 4.69) is 31.9 Å². The van der Waals surface area contributed by atoms with Crippen LogP contribution >= 0.6 is 31.9 Å². The Labute approximate surface area is 212 Å². The van der Waals surface area contributed by atoms with Gasteiger partial charge >= 0.3 is 0 Å². The number of benzene rings is 4. The number of carbonyl (C=O) groups is 1. The van der Waals surface area contributed by atoms with Crippen molar-refractivity contribution in [3.05, 3.63) is 140 Å². The van der Waals surface area contributed by atoms with Crippen molar-refractivity contribution >= 4 is 59.9 Å². The molecule has 1 aliphatic rings. The molecule has 4 aromatic carbocycles. The number of carbonyl (C=O) groups excluding carboxylic acids is 1. The third kappa shape index (κ3) is 4.22. The second-order valence-electron chi connectivity index (χ2n) is 7.86. The second-order valence-corrected chi connectivity index (χ2v) is 9.69. The zero-order valence-corrected chi connectivity index (χ0v) is 20.8. The summed E-state index contributed by atoms with van der Waals surface area (Å²) in [6.45, 7) is 0. The lowest BCUT2D eigenvalue weighted by molar-refractivity contribution is -0.108. The van der Waals surface area contributed by atoms with Gasteiger partial charge in [-0.05, 0) is 70.8 Å². The number of rotatable bonds is 4. The molecule has 5 heteroatoms. The number of ketones is 1.